The first-order chi connectivity index (χ1) is 7.23. The molecular weight excluding hydrogens is 184 g/mol. The van der Waals surface area contributed by atoms with Crippen LogP contribution in [0.5, 0.6) is 0 Å². The van der Waals surface area contributed by atoms with Crippen LogP contribution in [0.3, 0.4) is 0 Å². The summed E-state index contributed by atoms with van der Waals surface area (Å²) in [7, 11) is 0. The minimum atomic E-state index is 0.302. The van der Waals surface area contributed by atoms with Crippen molar-refractivity contribution in [2.75, 3.05) is 6.61 Å². The van der Waals surface area contributed by atoms with Crippen LogP contribution in [0.4, 0.5) is 0 Å². The third-order valence-corrected chi connectivity index (χ3v) is 6.60. The monoisotopic (exact) mass is 206 g/mol. The Kier molecular flexibility index (Phi) is 1.57. The molecule has 0 radical (unpaired) electrons. The van der Waals surface area contributed by atoms with Crippen LogP contribution >= 0.6 is 0 Å². The van der Waals surface area contributed by atoms with Gasteiger partial charge in [0, 0.05) is 6.61 Å². The quantitative estimate of drug-likeness (QED) is 0.654. The molecule has 0 aromatic rings. The van der Waals surface area contributed by atoms with Crippen LogP contribution in [0.15, 0.2) is 0 Å². The van der Waals surface area contributed by atoms with Gasteiger partial charge in [0.25, 0.3) is 0 Å². The summed E-state index contributed by atoms with van der Waals surface area (Å²) >= 11 is 0. The highest BCUT2D eigenvalue weighted by Crippen LogP contribution is 2.71. The molecule has 0 aliphatic heterocycles. The van der Waals surface area contributed by atoms with Gasteiger partial charge in [-0.05, 0) is 73.0 Å². The lowest BCUT2D eigenvalue weighted by Crippen LogP contribution is -2.40. The molecule has 0 heterocycles. The molecule has 1 nitrogen and oxygen atoms in total. The lowest BCUT2D eigenvalue weighted by molar-refractivity contribution is 0.00547. The maximum atomic E-state index is 9.64. The summed E-state index contributed by atoms with van der Waals surface area (Å²) < 4.78 is 0. The van der Waals surface area contributed by atoms with Crippen molar-refractivity contribution in [1.29, 1.82) is 0 Å². The van der Waals surface area contributed by atoms with E-state index in [0.717, 1.165) is 35.5 Å². The van der Waals surface area contributed by atoms with Crippen molar-refractivity contribution in [3.8, 4) is 0 Å². The van der Waals surface area contributed by atoms with Crippen molar-refractivity contribution < 1.29 is 5.11 Å². The van der Waals surface area contributed by atoms with Gasteiger partial charge in [0.2, 0.25) is 0 Å². The number of hydrogen-bond acceptors (Lipinski definition) is 1. The standard InChI is InChI=1S/C14H22O/c1-14(7-15)6-10-5-11(14)13-9-3-2-8(4-9)12(10)13/h8-13,15H,2-7H2,1H3. The maximum absolute atomic E-state index is 9.64. The van der Waals surface area contributed by atoms with Gasteiger partial charge in [-0.15, -0.1) is 0 Å². The number of aliphatic hydroxyl groups is 1. The minimum Gasteiger partial charge on any atom is -0.396 e. The van der Waals surface area contributed by atoms with Crippen molar-refractivity contribution in [1.82, 2.24) is 0 Å². The molecule has 0 saturated heterocycles. The number of aliphatic hydroxyl groups excluding tert-OH is 1. The molecular formula is C14H22O. The molecule has 4 aliphatic carbocycles. The molecule has 84 valence electrons. The van der Waals surface area contributed by atoms with Crippen molar-refractivity contribution in [2.45, 2.75) is 39.0 Å². The average Bonchev–Trinajstić information content (AvgIpc) is 2.93. The highest BCUT2D eigenvalue weighted by atomic mass is 16.3. The predicted octanol–water partition coefficient (Wildman–Crippen LogP) is 2.69. The van der Waals surface area contributed by atoms with Crippen molar-refractivity contribution >= 4 is 0 Å². The van der Waals surface area contributed by atoms with E-state index in [9.17, 15) is 5.11 Å². The second-order valence-corrected chi connectivity index (χ2v) is 7.11. The smallest absolute Gasteiger partial charge is 0.0487 e. The largest absolute Gasteiger partial charge is 0.396 e. The lowest BCUT2D eigenvalue weighted by Gasteiger charge is -2.43. The van der Waals surface area contributed by atoms with Gasteiger partial charge in [0.05, 0.1) is 0 Å². The highest BCUT2D eigenvalue weighted by Gasteiger charge is 2.65. The minimum absolute atomic E-state index is 0.302. The Morgan fingerprint density at radius 1 is 1.07 bits per heavy atom. The second kappa shape index (κ2) is 2.61. The van der Waals surface area contributed by atoms with Crippen molar-refractivity contribution in [3.05, 3.63) is 0 Å². The van der Waals surface area contributed by atoms with Crippen LogP contribution in [0.1, 0.15) is 39.0 Å². The summed E-state index contributed by atoms with van der Waals surface area (Å²) in [5.41, 5.74) is 0.302. The van der Waals surface area contributed by atoms with E-state index in [4.69, 9.17) is 0 Å². The fourth-order valence-corrected chi connectivity index (χ4v) is 6.22. The van der Waals surface area contributed by atoms with E-state index in [2.05, 4.69) is 6.92 Å². The van der Waals surface area contributed by atoms with Gasteiger partial charge >= 0.3 is 0 Å². The predicted molar refractivity (Wildman–Crippen MR) is 59.2 cm³/mol. The van der Waals surface area contributed by atoms with Crippen LogP contribution in [-0.2, 0) is 0 Å². The molecule has 0 spiro atoms. The number of rotatable bonds is 1. The fraction of sp³-hybridized carbons (Fsp3) is 1.00. The fourth-order valence-electron chi connectivity index (χ4n) is 6.22. The molecule has 7 atom stereocenters. The van der Waals surface area contributed by atoms with Gasteiger partial charge in [-0.1, -0.05) is 6.92 Å². The van der Waals surface area contributed by atoms with Gasteiger partial charge in [0.1, 0.15) is 0 Å². The van der Waals surface area contributed by atoms with Crippen LogP contribution in [0, 0.1) is 40.9 Å². The van der Waals surface area contributed by atoms with Gasteiger partial charge in [0.15, 0.2) is 0 Å². The SMILES string of the molecule is CC1(CO)CC2CC1C1C3CCC(C3)C21. The normalized spacial score (nSPS) is 65.2. The first-order valence-electron chi connectivity index (χ1n) is 6.84. The van der Waals surface area contributed by atoms with Gasteiger partial charge in [-0.25, -0.2) is 0 Å². The summed E-state index contributed by atoms with van der Waals surface area (Å²) in [6.45, 7) is 2.79. The Bertz CT molecular complexity index is 300. The molecule has 4 aliphatic rings. The number of hydrogen-bond donors (Lipinski definition) is 1. The van der Waals surface area contributed by atoms with E-state index in [1.807, 2.05) is 0 Å². The zero-order valence-corrected chi connectivity index (χ0v) is 9.65. The van der Waals surface area contributed by atoms with E-state index in [1.54, 1.807) is 6.42 Å². The molecule has 7 unspecified atom stereocenters. The van der Waals surface area contributed by atoms with E-state index in [0.29, 0.717) is 12.0 Å². The Morgan fingerprint density at radius 2 is 1.80 bits per heavy atom. The van der Waals surface area contributed by atoms with E-state index in [1.165, 1.54) is 25.7 Å². The number of fused-ring (bicyclic) bond motifs is 9. The second-order valence-electron chi connectivity index (χ2n) is 7.11. The Hall–Kier alpha value is -0.0400. The molecule has 4 fully saturated rings. The van der Waals surface area contributed by atoms with E-state index in [-0.39, 0.29) is 0 Å². The highest BCUT2D eigenvalue weighted by molar-refractivity contribution is 5.13. The molecule has 4 bridgehead atoms. The third kappa shape index (κ3) is 0.906. The zero-order valence-electron chi connectivity index (χ0n) is 9.65. The Balaban J connectivity index is 1.71. The van der Waals surface area contributed by atoms with Crippen molar-refractivity contribution in [3.63, 3.8) is 0 Å². The summed E-state index contributed by atoms with van der Waals surface area (Å²) in [5, 5.41) is 9.64. The summed E-state index contributed by atoms with van der Waals surface area (Å²) in [5.74, 6) is 6.15. The van der Waals surface area contributed by atoms with Crippen LogP contribution < -0.4 is 0 Å². The van der Waals surface area contributed by atoms with Crippen molar-refractivity contribution in [2.24, 2.45) is 40.9 Å². The zero-order chi connectivity index (χ0) is 10.2. The van der Waals surface area contributed by atoms with E-state index < -0.39 is 0 Å². The topological polar surface area (TPSA) is 20.2 Å². The van der Waals surface area contributed by atoms with Gasteiger partial charge in [-0.3, -0.25) is 0 Å². The van der Waals surface area contributed by atoms with Gasteiger partial charge < -0.3 is 5.11 Å². The molecule has 0 amide bonds. The van der Waals surface area contributed by atoms with Crippen LogP contribution in [0.2, 0.25) is 0 Å². The Labute approximate surface area is 92.3 Å². The first-order valence-corrected chi connectivity index (χ1v) is 6.84. The molecule has 0 aromatic heterocycles. The summed E-state index contributed by atoms with van der Waals surface area (Å²) in [6.07, 6.45) is 7.38. The maximum Gasteiger partial charge on any atom is 0.0487 e. The third-order valence-electron chi connectivity index (χ3n) is 6.60. The van der Waals surface area contributed by atoms with Gasteiger partial charge in [-0.2, -0.15) is 0 Å². The molecule has 4 saturated carbocycles. The summed E-state index contributed by atoms with van der Waals surface area (Å²) in [6, 6.07) is 0. The summed E-state index contributed by atoms with van der Waals surface area (Å²) in [4.78, 5) is 0. The molecule has 1 N–H and O–H groups in total. The molecule has 1 heteroatoms. The van der Waals surface area contributed by atoms with Crippen LogP contribution in [0.25, 0.3) is 0 Å². The lowest BCUT2D eigenvalue weighted by atomic mass is 9.62. The molecule has 0 aromatic carbocycles. The average molecular weight is 206 g/mol. The molecule has 4 rings (SSSR count). The molecule has 15 heavy (non-hydrogen) atoms. The Morgan fingerprint density at radius 3 is 2.53 bits per heavy atom. The van der Waals surface area contributed by atoms with E-state index >= 15 is 0 Å². The van der Waals surface area contributed by atoms with Crippen LogP contribution in [-0.4, -0.2) is 11.7 Å². The first kappa shape index (κ1) is 9.04.